The van der Waals surface area contributed by atoms with Crippen molar-refractivity contribution in [2.75, 3.05) is 7.11 Å². The summed E-state index contributed by atoms with van der Waals surface area (Å²) in [5.74, 6) is 0.0479. The van der Waals surface area contributed by atoms with Gasteiger partial charge >= 0.3 is 0 Å². The molecule has 1 unspecified atom stereocenters. The number of para-hydroxylation sites is 1. The van der Waals surface area contributed by atoms with E-state index in [1.54, 1.807) is 19.2 Å². The smallest absolute Gasteiger partial charge is 0.165 e. The van der Waals surface area contributed by atoms with Crippen LogP contribution in [-0.2, 0) is 4.79 Å². The molecule has 2 atom stereocenters. The van der Waals surface area contributed by atoms with E-state index in [2.05, 4.69) is 0 Å². The molecule has 2 rings (SSSR count). The van der Waals surface area contributed by atoms with Gasteiger partial charge in [-0.25, -0.2) is 0 Å². The Bertz CT molecular complexity index is 409. The largest absolute Gasteiger partial charge is 0.496 e. The highest BCUT2D eigenvalue weighted by atomic mass is 16.5. The standard InChI is InChI=1S/C12H12O3/c1-15-11-5-3-2-4-8(11)12-9(13)6-7-10(12)14/h2-7,9,12-13H,1H3/t9-,12?/m0/s1. The van der Waals surface area contributed by atoms with Crippen molar-refractivity contribution in [3.05, 3.63) is 42.0 Å². The zero-order valence-corrected chi connectivity index (χ0v) is 8.38. The van der Waals surface area contributed by atoms with Crippen molar-refractivity contribution in [3.63, 3.8) is 0 Å². The number of hydrogen-bond donors (Lipinski definition) is 1. The minimum Gasteiger partial charge on any atom is -0.496 e. The SMILES string of the molecule is COc1ccccc1C1C(=O)C=C[C@@H]1O. The minimum atomic E-state index is -0.742. The molecule has 0 aromatic heterocycles. The molecule has 0 bridgehead atoms. The fourth-order valence-corrected chi connectivity index (χ4v) is 1.84. The van der Waals surface area contributed by atoms with E-state index >= 15 is 0 Å². The fraction of sp³-hybridized carbons (Fsp3) is 0.250. The summed E-state index contributed by atoms with van der Waals surface area (Å²) in [6.45, 7) is 0. The maximum atomic E-state index is 11.6. The molecule has 0 radical (unpaired) electrons. The van der Waals surface area contributed by atoms with Crippen LogP contribution in [0.2, 0.25) is 0 Å². The molecule has 1 aliphatic rings. The molecule has 1 aliphatic carbocycles. The van der Waals surface area contributed by atoms with Gasteiger partial charge in [-0.1, -0.05) is 24.3 Å². The van der Waals surface area contributed by atoms with Crippen molar-refractivity contribution in [1.82, 2.24) is 0 Å². The number of methoxy groups -OCH3 is 1. The van der Waals surface area contributed by atoms with Gasteiger partial charge in [-0.05, 0) is 12.1 Å². The summed E-state index contributed by atoms with van der Waals surface area (Å²) in [7, 11) is 1.55. The van der Waals surface area contributed by atoms with Crippen molar-refractivity contribution < 1.29 is 14.6 Å². The number of rotatable bonds is 2. The molecule has 1 aromatic rings. The second kappa shape index (κ2) is 3.87. The molecular weight excluding hydrogens is 192 g/mol. The van der Waals surface area contributed by atoms with Crippen LogP contribution in [0.25, 0.3) is 0 Å². The summed E-state index contributed by atoms with van der Waals surface area (Å²) in [5, 5.41) is 9.67. The van der Waals surface area contributed by atoms with Gasteiger partial charge in [-0.15, -0.1) is 0 Å². The fourth-order valence-electron chi connectivity index (χ4n) is 1.84. The van der Waals surface area contributed by atoms with Gasteiger partial charge in [0, 0.05) is 5.56 Å². The number of carbonyl (C=O) groups is 1. The number of ketones is 1. The third-order valence-corrected chi connectivity index (χ3v) is 2.58. The molecule has 0 saturated carbocycles. The van der Waals surface area contributed by atoms with Crippen molar-refractivity contribution in [1.29, 1.82) is 0 Å². The average Bonchev–Trinajstić information content (AvgIpc) is 2.59. The maximum absolute atomic E-state index is 11.6. The molecule has 0 heterocycles. The predicted molar refractivity (Wildman–Crippen MR) is 55.9 cm³/mol. The highest BCUT2D eigenvalue weighted by Crippen LogP contribution is 2.33. The number of carbonyl (C=O) groups excluding carboxylic acids is 1. The molecule has 15 heavy (non-hydrogen) atoms. The highest BCUT2D eigenvalue weighted by Gasteiger charge is 2.31. The van der Waals surface area contributed by atoms with Crippen LogP contribution in [0.3, 0.4) is 0 Å². The second-order valence-electron chi connectivity index (χ2n) is 3.47. The van der Waals surface area contributed by atoms with Crippen molar-refractivity contribution in [3.8, 4) is 5.75 Å². The molecule has 0 spiro atoms. The highest BCUT2D eigenvalue weighted by molar-refractivity contribution is 5.99. The minimum absolute atomic E-state index is 0.0769. The number of aliphatic hydroxyl groups excluding tert-OH is 1. The van der Waals surface area contributed by atoms with Gasteiger partial charge in [0.1, 0.15) is 5.75 Å². The first-order chi connectivity index (χ1) is 7.24. The van der Waals surface area contributed by atoms with Crippen LogP contribution in [0, 0.1) is 0 Å². The Morgan fingerprint density at radius 1 is 1.33 bits per heavy atom. The number of hydrogen-bond acceptors (Lipinski definition) is 3. The van der Waals surface area contributed by atoms with Crippen molar-refractivity contribution in [2.24, 2.45) is 0 Å². The van der Waals surface area contributed by atoms with E-state index < -0.39 is 12.0 Å². The Kier molecular flexibility index (Phi) is 2.56. The molecule has 1 aromatic carbocycles. The zero-order valence-electron chi connectivity index (χ0n) is 8.38. The normalized spacial score (nSPS) is 24.5. The summed E-state index contributed by atoms with van der Waals surface area (Å²) >= 11 is 0. The van der Waals surface area contributed by atoms with Crippen LogP contribution < -0.4 is 4.74 Å². The molecule has 3 heteroatoms. The summed E-state index contributed by atoms with van der Waals surface area (Å²) in [5.41, 5.74) is 0.738. The number of aliphatic hydroxyl groups is 1. The summed E-state index contributed by atoms with van der Waals surface area (Å²) < 4.78 is 5.16. The summed E-state index contributed by atoms with van der Waals surface area (Å²) in [6.07, 6.45) is 2.19. The lowest BCUT2D eigenvalue weighted by Crippen LogP contribution is -2.18. The van der Waals surface area contributed by atoms with Gasteiger partial charge in [0.15, 0.2) is 5.78 Å². The lowest BCUT2D eigenvalue weighted by Gasteiger charge is -2.16. The van der Waals surface area contributed by atoms with Crippen LogP contribution in [0.4, 0.5) is 0 Å². The van der Waals surface area contributed by atoms with E-state index in [-0.39, 0.29) is 5.78 Å². The zero-order chi connectivity index (χ0) is 10.8. The molecule has 0 amide bonds. The maximum Gasteiger partial charge on any atom is 0.165 e. The lowest BCUT2D eigenvalue weighted by atomic mass is 9.93. The van der Waals surface area contributed by atoms with Gasteiger partial charge in [0.25, 0.3) is 0 Å². The van der Waals surface area contributed by atoms with Gasteiger partial charge in [-0.3, -0.25) is 4.79 Å². The predicted octanol–water partition coefficient (Wildman–Crippen LogP) is 1.28. The van der Waals surface area contributed by atoms with E-state index in [1.165, 1.54) is 12.2 Å². The van der Waals surface area contributed by atoms with E-state index in [1.807, 2.05) is 12.1 Å². The van der Waals surface area contributed by atoms with Crippen LogP contribution in [0.1, 0.15) is 11.5 Å². The Morgan fingerprint density at radius 2 is 2.07 bits per heavy atom. The van der Waals surface area contributed by atoms with E-state index in [9.17, 15) is 9.90 Å². The van der Waals surface area contributed by atoms with Crippen LogP contribution in [0.15, 0.2) is 36.4 Å². The Morgan fingerprint density at radius 3 is 2.67 bits per heavy atom. The Hall–Kier alpha value is -1.61. The van der Waals surface area contributed by atoms with E-state index in [0.29, 0.717) is 5.75 Å². The number of ether oxygens (including phenoxy) is 1. The molecule has 3 nitrogen and oxygen atoms in total. The number of benzene rings is 1. The third kappa shape index (κ3) is 1.66. The van der Waals surface area contributed by atoms with Gasteiger partial charge in [0.2, 0.25) is 0 Å². The van der Waals surface area contributed by atoms with Crippen molar-refractivity contribution >= 4 is 5.78 Å². The molecule has 1 N–H and O–H groups in total. The van der Waals surface area contributed by atoms with E-state index in [4.69, 9.17) is 4.74 Å². The van der Waals surface area contributed by atoms with Gasteiger partial charge in [0.05, 0.1) is 19.1 Å². The van der Waals surface area contributed by atoms with E-state index in [0.717, 1.165) is 5.56 Å². The topological polar surface area (TPSA) is 46.5 Å². The molecule has 0 saturated heterocycles. The first-order valence-electron chi connectivity index (χ1n) is 4.77. The third-order valence-electron chi connectivity index (χ3n) is 2.58. The van der Waals surface area contributed by atoms with Gasteiger partial charge in [-0.2, -0.15) is 0 Å². The van der Waals surface area contributed by atoms with Crippen LogP contribution >= 0.6 is 0 Å². The van der Waals surface area contributed by atoms with Crippen LogP contribution in [-0.4, -0.2) is 24.1 Å². The molecule has 78 valence electrons. The monoisotopic (exact) mass is 204 g/mol. The average molecular weight is 204 g/mol. The summed E-state index contributed by atoms with van der Waals surface area (Å²) in [4.78, 5) is 11.6. The lowest BCUT2D eigenvalue weighted by molar-refractivity contribution is -0.116. The Balaban J connectivity index is 2.41. The number of allylic oxidation sites excluding steroid dienone is 1. The summed E-state index contributed by atoms with van der Waals surface area (Å²) in [6, 6.07) is 7.25. The first kappa shape index (κ1) is 9.93. The molecule has 0 fully saturated rings. The first-order valence-corrected chi connectivity index (χ1v) is 4.77. The second-order valence-corrected chi connectivity index (χ2v) is 3.47. The Labute approximate surface area is 88.0 Å². The quantitative estimate of drug-likeness (QED) is 0.789. The van der Waals surface area contributed by atoms with Crippen LogP contribution in [0.5, 0.6) is 5.75 Å². The molecular formula is C12H12O3. The van der Waals surface area contributed by atoms with Crippen molar-refractivity contribution in [2.45, 2.75) is 12.0 Å². The van der Waals surface area contributed by atoms with Gasteiger partial charge < -0.3 is 9.84 Å². The molecule has 0 aliphatic heterocycles.